The fraction of sp³-hybridized carbons (Fsp3) is 0.296. The summed E-state index contributed by atoms with van der Waals surface area (Å²) in [4.78, 5) is 39.3. The van der Waals surface area contributed by atoms with Gasteiger partial charge in [-0.2, -0.15) is 0 Å². The first kappa shape index (κ1) is 25.0. The molecule has 1 N–H and O–H groups in total. The van der Waals surface area contributed by atoms with Gasteiger partial charge in [-0.3, -0.25) is 9.59 Å². The molecular weight excluding hydrogens is 464 g/mol. The van der Waals surface area contributed by atoms with Crippen molar-refractivity contribution < 1.29 is 33.3 Å². The molecule has 1 atom stereocenters. The monoisotopic (exact) mass is 492 g/mol. The molecule has 0 bridgehead atoms. The topological polar surface area (TPSA) is 103 Å². The van der Waals surface area contributed by atoms with Gasteiger partial charge in [0.1, 0.15) is 0 Å². The normalized spacial score (nSPS) is 14.1. The van der Waals surface area contributed by atoms with Gasteiger partial charge >= 0.3 is 5.97 Å². The molecule has 1 aliphatic heterocycles. The molecule has 36 heavy (non-hydrogen) atoms. The number of benzene rings is 3. The first-order valence-electron chi connectivity index (χ1n) is 11.6. The number of anilines is 1. The van der Waals surface area contributed by atoms with E-state index in [9.17, 15) is 14.4 Å². The first-order chi connectivity index (χ1) is 17.4. The van der Waals surface area contributed by atoms with Crippen molar-refractivity contribution in [3.05, 3.63) is 66.2 Å². The maximum absolute atomic E-state index is 12.7. The van der Waals surface area contributed by atoms with Crippen molar-refractivity contribution in [1.82, 2.24) is 4.90 Å². The van der Waals surface area contributed by atoms with Crippen molar-refractivity contribution in [2.24, 2.45) is 0 Å². The fourth-order valence-corrected chi connectivity index (χ4v) is 3.75. The van der Waals surface area contributed by atoms with E-state index in [0.717, 1.165) is 10.8 Å². The molecule has 2 amide bonds. The van der Waals surface area contributed by atoms with Crippen LogP contribution in [0.4, 0.5) is 5.69 Å². The molecule has 0 aliphatic carbocycles. The highest BCUT2D eigenvalue weighted by molar-refractivity contribution is 5.99. The van der Waals surface area contributed by atoms with E-state index in [1.807, 2.05) is 36.4 Å². The summed E-state index contributed by atoms with van der Waals surface area (Å²) in [6, 6.07) is 17.8. The number of fused-ring (bicyclic) bond motifs is 1. The van der Waals surface area contributed by atoms with E-state index in [2.05, 4.69) is 5.32 Å². The van der Waals surface area contributed by atoms with Crippen molar-refractivity contribution in [2.75, 3.05) is 45.3 Å². The van der Waals surface area contributed by atoms with Gasteiger partial charge in [0, 0.05) is 18.8 Å². The van der Waals surface area contributed by atoms with Crippen LogP contribution in [0.25, 0.3) is 10.8 Å². The number of methoxy groups -OCH3 is 1. The van der Waals surface area contributed by atoms with Crippen LogP contribution in [0.1, 0.15) is 17.3 Å². The molecule has 1 fully saturated rings. The van der Waals surface area contributed by atoms with Gasteiger partial charge < -0.3 is 29.2 Å². The third-order valence-corrected chi connectivity index (χ3v) is 5.78. The highest BCUT2D eigenvalue weighted by Gasteiger charge is 2.22. The highest BCUT2D eigenvalue weighted by Crippen LogP contribution is 2.29. The van der Waals surface area contributed by atoms with E-state index in [0.29, 0.717) is 37.7 Å². The Bertz CT molecular complexity index is 1250. The second kappa shape index (κ2) is 11.5. The predicted octanol–water partition coefficient (Wildman–Crippen LogP) is 3.27. The van der Waals surface area contributed by atoms with Crippen LogP contribution in [0.3, 0.4) is 0 Å². The standard InChI is InChI=1S/C27H28N2O7/c1-18(26(31)28-22-9-7-19-5-3-4-6-20(19)15-22)36-27(32)21-8-10-23(24(16-21)33-2)35-17-25(30)29-11-13-34-14-12-29/h3-10,15-16,18H,11-14,17H2,1-2H3,(H,28,31)/t18-/m0/s1. The van der Waals surface area contributed by atoms with Crippen molar-refractivity contribution in [1.29, 1.82) is 0 Å². The zero-order chi connectivity index (χ0) is 25.5. The minimum atomic E-state index is -1.03. The Labute approximate surface area is 208 Å². The number of ether oxygens (including phenoxy) is 4. The van der Waals surface area contributed by atoms with Crippen LogP contribution in [0.15, 0.2) is 60.7 Å². The molecule has 0 radical (unpaired) electrons. The van der Waals surface area contributed by atoms with E-state index in [-0.39, 0.29) is 23.8 Å². The van der Waals surface area contributed by atoms with Crippen LogP contribution < -0.4 is 14.8 Å². The maximum Gasteiger partial charge on any atom is 0.339 e. The Morgan fingerprint density at radius 1 is 0.972 bits per heavy atom. The fourth-order valence-electron chi connectivity index (χ4n) is 3.75. The Kier molecular flexibility index (Phi) is 8.02. The molecule has 1 aliphatic rings. The number of hydrogen-bond donors (Lipinski definition) is 1. The molecule has 1 heterocycles. The average Bonchev–Trinajstić information content (AvgIpc) is 2.91. The molecular formula is C27H28N2O7. The van der Waals surface area contributed by atoms with E-state index >= 15 is 0 Å². The average molecular weight is 493 g/mol. The van der Waals surface area contributed by atoms with Gasteiger partial charge in [-0.15, -0.1) is 0 Å². The zero-order valence-corrected chi connectivity index (χ0v) is 20.2. The Balaban J connectivity index is 1.34. The van der Waals surface area contributed by atoms with E-state index in [1.54, 1.807) is 11.0 Å². The van der Waals surface area contributed by atoms with Crippen molar-refractivity contribution in [3.8, 4) is 11.5 Å². The first-order valence-corrected chi connectivity index (χ1v) is 11.6. The van der Waals surface area contributed by atoms with Crippen molar-refractivity contribution >= 4 is 34.2 Å². The molecule has 3 aromatic carbocycles. The van der Waals surface area contributed by atoms with Gasteiger partial charge in [0.05, 0.1) is 25.9 Å². The van der Waals surface area contributed by atoms with E-state index in [1.165, 1.54) is 32.2 Å². The van der Waals surface area contributed by atoms with Crippen LogP contribution in [-0.4, -0.2) is 68.8 Å². The summed E-state index contributed by atoms with van der Waals surface area (Å²) < 4.78 is 21.5. The summed E-state index contributed by atoms with van der Waals surface area (Å²) in [5.41, 5.74) is 0.792. The van der Waals surface area contributed by atoms with Gasteiger partial charge in [-0.05, 0) is 48.0 Å². The largest absolute Gasteiger partial charge is 0.493 e. The summed E-state index contributed by atoms with van der Waals surface area (Å²) in [6.45, 7) is 3.40. The Hall–Kier alpha value is -4.11. The molecule has 0 unspecified atom stereocenters. The lowest BCUT2D eigenvalue weighted by Gasteiger charge is -2.26. The third-order valence-electron chi connectivity index (χ3n) is 5.78. The van der Waals surface area contributed by atoms with Gasteiger partial charge in [0.25, 0.3) is 11.8 Å². The predicted molar refractivity (Wildman–Crippen MR) is 133 cm³/mol. The Morgan fingerprint density at radius 3 is 2.47 bits per heavy atom. The highest BCUT2D eigenvalue weighted by atomic mass is 16.5. The number of hydrogen-bond acceptors (Lipinski definition) is 7. The minimum absolute atomic E-state index is 0.157. The van der Waals surface area contributed by atoms with Crippen LogP contribution in [0.2, 0.25) is 0 Å². The number of carbonyl (C=O) groups excluding carboxylic acids is 3. The second-order valence-electron chi connectivity index (χ2n) is 8.25. The van der Waals surface area contributed by atoms with Gasteiger partial charge in [-0.25, -0.2) is 4.79 Å². The number of nitrogens with one attached hydrogen (secondary N) is 1. The summed E-state index contributed by atoms with van der Waals surface area (Å²) in [6.07, 6.45) is -1.03. The zero-order valence-electron chi connectivity index (χ0n) is 20.2. The second-order valence-corrected chi connectivity index (χ2v) is 8.25. The van der Waals surface area contributed by atoms with Crippen molar-refractivity contribution in [2.45, 2.75) is 13.0 Å². The maximum atomic E-state index is 12.7. The smallest absolute Gasteiger partial charge is 0.339 e. The lowest BCUT2D eigenvalue weighted by atomic mass is 10.1. The van der Waals surface area contributed by atoms with Crippen molar-refractivity contribution in [3.63, 3.8) is 0 Å². The summed E-state index contributed by atoms with van der Waals surface area (Å²) in [7, 11) is 1.43. The Morgan fingerprint density at radius 2 is 1.72 bits per heavy atom. The molecule has 3 aromatic rings. The van der Waals surface area contributed by atoms with Gasteiger partial charge in [-0.1, -0.05) is 30.3 Å². The number of morpholine rings is 1. The lowest BCUT2D eigenvalue weighted by molar-refractivity contribution is -0.137. The number of carbonyl (C=O) groups is 3. The van der Waals surface area contributed by atoms with Crippen LogP contribution in [0.5, 0.6) is 11.5 Å². The van der Waals surface area contributed by atoms with Crippen LogP contribution in [0, 0.1) is 0 Å². The van der Waals surface area contributed by atoms with E-state index < -0.39 is 18.0 Å². The molecule has 9 nitrogen and oxygen atoms in total. The van der Waals surface area contributed by atoms with Gasteiger partial charge in [0.15, 0.2) is 24.2 Å². The SMILES string of the molecule is COc1cc(C(=O)O[C@@H](C)C(=O)Nc2ccc3ccccc3c2)ccc1OCC(=O)N1CCOCC1. The number of esters is 1. The quantitative estimate of drug-likeness (QED) is 0.482. The molecule has 0 aromatic heterocycles. The molecule has 4 rings (SSSR count). The molecule has 0 saturated carbocycles. The number of amides is 2. The number of nitrogens with zero attached hydrogens (tertiary/aromatic N) is 1. The van der Waals surface area contributed by atoms with Crippen LogP contribution >= 0.6 is 0 Å². The molecule has 1 saturated heterocycles. The van der Waals surface area contributed by atoms with E-state index in [4.69, 9.17) is 18.9 Å². The number of rotatable bonds is 8. The molecule has 188 valence electrons. The summed E-state index contributed by atoms with van der Waals surface area (Å²) in [5, 5.41) is 4.82. The lowest BCUT2D eigenvalue weighted by Crippen LogP contribution is -2.43. The molecule has 9 heteroatoms. The van der Waals surface area contributed by atoms with Crippen LogP contribution in [-0.2, 0) is 19.1 Å². The minimum Gasteiger partial charge on any atom is -0.493 e. The summed E-state index contributed by atoms with van der Waals surface area (Å²) in [5.74, 6) is -0.710. The molecule has 0 spiro atoms. The van der Waals surface area contributed by atoms with Gasteiger partial charge in [0.2, 0.25) is 0 Å². The third kappa shape index (κ3) is 6.11. The summed E-state index contributed by atoms with van der Waals surface area (Å²) >= 11 is 0.